The average Bonchev–Trinajstić information content (AvgIpc) is 2.88. The van der Waals surface area contributed by atoms with Crippen LogP contribution in [0.3, 0.4) is 0 Å². The van der Waals surface area contributed by atoms with E-state index in [1.807, 2.05) is 0 Å². The van der Waals surface area contributed by atoms with E-state index in [1.165, 1.54) is 4.90 Å². The number of amides is 3. The quantitative estimate of drug-likeness (QED) is 0.392. The lowest BCUT2D eigenvalue weighted by Crippen LogP contribution is -2.49. The fraction of sp³-hybridized carbons (Fsp3) is 0.364. The maximum Gasteiger partial charge on any atom is 0.332 e. The van der Waals surface area contributed by atoms with Crippen LogP contribution in [0, 0.1) is 0 Å². The number of pyridine rings is 1. The van der Waals surface area contributed by atoms with E-state index in [0.717, 1.165) is 6.42 Å². The zero-order valence-corrected chi connectivity index (χ0v) is 9.80. The van der Waals surface area contributed by atoms with E-state index in [9.17, 15) is 9.59 Å². The summed E-state index contributed by atoms with van der Waals surface area (Å²) in [6.07, 6.45) is 4.61. The van der Waals surface area contributed by atoms with Crippen molar-refractivity contribution in [3.63, 3.8) is 0 Å². The van der Waals surface area contributed by atoms with Gasteiger partial charge >= 0.3 is 6.03 Å². The number of nitrogens with zero attached hydrogens (tertiary/aromatic N) is 2. The van der Waals surface area contributed by atoms with Crippen LogP contribution in [0.5, 0.6) is 0 Å². The average molecular weight is 249 g/mol. The summed E-state index contributed by atoms with van der Waals surface area (Å²) in [5, 5.41) is 2.73. The molecule has 1 atom stereocenters. The number of nitrogens with one attached hydrogen (secondary N) is 2. The Hall–Kier alpha value is -2.15. The molecule has 1 saturated heterocycles. The highest BCUT2D eigenvalue weighted by atomic mass is 16.2. The third-order valence-electron chi connectivity index (χ3n) is 2.87. The van der Waals surface area contributed by atoms with Gasteiger partial charge in [-0.05, 0) is 25.0 Å². The first kappa shape index (κ1) is 12.3. The smallest absolute Gasteiger partial charge is 0.323 e. The molecular formula is C11H15N5O2. The lowest BCUT2D eigenvalue weighted by Gasteiger charge is -2.23. The molecule has 2 heterocycles. The second-order valence-electron chi connectivity index (χ2n) is 4.03. The highest BCUT2D eigenvalue weighted by Crippen LogP contribution is 2.18. The molecule has 7 heteroatoms. The van der Waals surface area contributed by atoms with Gasteiger partial charge in [-0.3, -0.25) is 15.2 Å². The highest BCUT2D eigenvalue weighted by Gasteiger charge is 2.33. The van der Waals surface area contributed by atoms with E-state index in [0.29, 0.717) is 18.7 Å². The van der Waals surface area contributed by atoms with Crippen molar-refractivity contribution in [2.24, 2.45) is 5.84 Å². The van der Waals surface area contributed by atoms with Crippen molar-refractivity contribution in [2.75, 3.05) is 11.9 Å². The number of urea groups is 1. The van der Waals surface area contributed by atoms with Crippen LogP contribution in [0.2, 0.25) is 0 Å². The Kier molecular flexibility index (Phi) is 3.73. The van der Waals surface area contributed by atoms with Gasteiger partial charge in [0, 0.05) is 12.7 Å². The largest absolute Gasteiger partial charge is 0.332 e. The Balaban J connectivity index is 2.02. The number of carbonyl (C=O) groups excluding carboxylic acids is 2. The Morgan fingerprint density at radius 1 is 1.50 bits per heavy atom. The molecule has 4 N–H and O–H groups in total. The number of carbonyl (C=O) groups is 2. The molecule has 1 aliphatic heterocycles. The summed E-state index contributed by atoms with van der Waals surface area (Å²) in [6, 6.07) is 2.56. The standard InChI is InChI=1S/C11H15N5O2/c12-15-11(18)16-6-2-4-9(16)10(17)14-8-3-1-5-13-7-8/h1,3,5,7,9H,2,4,6,12H2,(H,14,17)(H,15,18). The second kappa shape index (κ2) is 5.46. The van der Waals surface area contributed by atoms with Gasteiger partial charge in [0.2, 0.25) is 5.91 Å². The zero-order valence-electron chi connectivity index (χ0n) is 9.80. The maximum atomic E-state index is 12.0. The monoisotopic (exact) mass is 249 g/mol. The van der Waals surface area contributed by atoms with E-state index in [1.54, 1.807) is 24.5 Å². The number of hydrazine groups is 1. The molecule has 1 aromatic heterocycles. The summed E-state index contributed by atoms with van der Waals surface area (Å²) in [5.41, 5.74) is 2.66. The summed E-state index contributed by atoms with van der Waals surface area (Å²) < 4.78 is 0. The van der Waals surface area contributed by atoms with Crippen molar-refractivity contribution in [2.45, 2.75) is 18.9 Å². The molecule has 1 fully saturated rings. The van der Waals surface area contributed by atoms with Crippen molar-refractivity contribution in [3.05, 3.63) is 24.5 Å². The van der Waals surface area contributed by atoms with Gasteiger partial charge in [-0.25, -0.2) is 10.6 Å². The van der Waals surface area contributed by atoms with Crippen molar-refractivity contribution < 1.29 is 9.59 Å². The molecule has 1 unspecified atom stereocenters. The first-order valence-corrected chi connectivity index (χ1v) is 5.70. The summed E-state index contributed by atoms with van der Waals surface area (Å²) in [6.45, 7) is 0.536. The van der Waals surface area contributed by atoms with Gasteiger partial charge in [-0.15, -0.1) is 0 Å². The van der Waals surface area contributed by atoms with E-state index < -0.39 is 12.1 Å². The topological polar surface area (TPSA) is 100 Å². The van der Waals surface area contributed by atoms with Crippen LogP contribution in [0.15, 0.2) is 24.5 Å². The molecule has 0 aliphatic carbocycles. The minimum Gasteiger partial charge on any atom is -0.323 e. The summed E-state index contributed by atoms with van der Waals surface area (Å²) in [7, 11) is 0. The Morgan fingerprint density at radius 2 is 2.33 bits per heavy atom. The van der Waals surface area contributed by atoms with E-state index in [2.05, 4.69) is 15.7 Å². The van der Waals surface area contributed by atoms with Crippen LogP contribution in [0.1, 0.15) is 12.8 Å². The summed E-state index contributed by atoms with van der Waals surface area (Å²) in [4.78, 5) is 28.9. The van der Waals surface area contributed by atoms with Gasteiger partial charge in [0.25, 0.3) is 0 Å². The molecule has 2 rings (SSSR count). The fourth-order valence-corrected chi connectivity index (χ4v) is 2.03. The Labute approximate surface area is 104 Å². The van der Waals surface area contributed by atoms with Gasteiger partial charge in [-0.2, -0.15) is 0 Å². The van der Waals surface area contributed by atoms with Crippen LogP contribution >= 0.6 is 0 Å². The minimum absolute atomic E-state index is 0.218. The van der Waals surface area contributed by atoms with Crippen LogP contribution in [0.25, 0.3) is 0 Å². The van der Waals surface area contributed by atoms with Crippen LogP contribution in [-0.4, -0.2) is 34.4 Å². The molecule has 3 amide bonds. The Morgan fingerprint density at radius 3 is 3.00 bits per heavy atom. The first-order valence-electron chi connectivity index (χ1n) is 5.70. The van der Waals surface area contributed by atoms with E-state index >= 15 is 0 Å². The van der Waals surface area contributed by atoms with E-state index in [4.69, 9.17) is 5.84 Å². The van der Waals surface area contributed by atoms with Gasteiger partial charge in [0.1, 0.15) is 6.04 Å². The summed E-state index contributed by atoms with van der Waals surface area (Å²) in [5.74, 6) is 4.87. The van der Waals surface area contributed by atoms with Gasteiger partial charge in [0.05, 0.1) is 11.9 Å². The van der Waals surface area contributed by atoms with Crippen molar-refractivity contribution in [1.82, 2.24) is 15.3 Å². The molecular weight excluding hydrogens is 234 g/mol. The lowest BCUT2D eigenvalue weighted by atomic mass is 10.2. The maximum absolute atomic E-state index is 12.0. The Bertz CT molecular complexity index is 436. The molecule has 1 aromatic rings. The number of anilines is 1. The lowest BCUT2D eigenvalue weighted by molar-refractivity contribution is -0.119. The molecule has 18 heavy (non-hydrogen) atoms. The minimum atomic E-state index is -0.478. The van der Waals surface area contributed by atoms with Crippen molar-refractivity contribution >= 4 is 17.6 Å². The molecule has 0 radical (unpaired) electrons. The third kappa shape index (κ3) is 2.57. The first-order chi connectivity index (χ1) is 8.72. The van der Waals surface area contributed by atoms with Gasteiger partial charge in [-0.1, -0.05) is 0 Å². The highest BCUT2D eigenvalue weighted by molar-refractivity contribution is 5.97. The number of hydrogen-bond acceptors (Lipinski definition) is 4. The number of nitrogens with two attached hydrogens (primary N) is 1. The molecule has 1 aliphatic rings. The molecule has 0 bridgehead atoms. The predicted molar refractivity (Wildman–Crippen MR) is 65.3 cm³/mol. The molecule has 0 saturated carbocycles. The van der Waals surface area contributed by atoms with Crippen LogP contribution in [-0.2, 0) is 4.79 Å². The number of hydrogen-bond donors (Lipinski definition) is 3. The number of rotatable bonds is 2. The number of likely N-dealkylation sites (tertiary alicyclic amines) is 1. The van der Waals surface area contributed by atoms with Crippen molar-refractivity contribution in [3.8, 4) is 0 Å². The van der Waals surface area contributed by atoms with Crippen molar-refractivity contribution in [1.29, 1.82) is 0 Å². The summed E-state index contributed by atoms with van der Waals surface area (Å²) >= 11 is 0. The predicted octanol–water partition coefficient (Wildman–Crippen LogP) is 0.0678. The molecule has 0 aromatic carbocycles. The molecule has 7 nitrogen and oxygen atoms in total. The zero-order chi connectivity index (χ0) is 13.0. The normalized spacial score (nSPS) is 18.5. The molecule has 0 spiro atoms. The van der Waals surface area contributed by atoms with Crippen LogP contribution < -0.4 is 16.6 Å². The van der Waals surface area contributed by atoms with E-state index in [-0.39, 0.29) is 5.91 Å². The third-order valence-corrected chi connectivity index (χ3v) is 2.87. The molecule has 96 valence electrons. The van der Waals surface area contributed by atoms with Gasteiger partial charge in [0.15, 0.2) is 0 Å². The second-order valence-corrected chi connectivity index (χ2v) is 4.03. The fourth-order valence-electron chi connectivity index (χ4n) is 2.03. The van der Waals surface area contributed by atoms with Crippen LogP contribution in [0.4, 0.5) is 10.5 Å². The van der Waals surface area contributed by atoms with Gasteiger partial charge < -0.3 is 10.2 Å². The SMILES string of the molecule is NNC(=O)N1CCCC1C(=O)Nc1cccnc1. The number of aromatic nitrogens is 1.